The van der Waals surface area contributed by atoms with E-state index in [1.807, 2.05) is 4.72 Å². The summed E-state index contributed by atoms with van der Waals surface area (Å²) < 4.78 is 102. The summed E-state index contributed by atoms with van der Waals surface area (Å²) in [6.45, 7) is 2.10. The molecule has 1 aliphatic heterocycles. The van der Waals surface area contributed by atoms with Gasteiger partial charge in [-0.15, -0.1) is 11.3 Å². The molecule has 1 fully saturated rings. The minimum Gasteiger partial charge on any atom is -0.475 e. The number of carboxylic acid groups (broad SMARTS) is 1. The Balaban J connectivity index is 0.000000532. The number of benzene rings is 2. The normalized spacial score (nSPS) is 13.7. The third kappa shape index (κ3) is 7.97. The van der Waals surface area contributed by atoms with Gasteiger partial charge in [0, 0.05) is 34.7 Å². The van der Waals surface area contributed by atoms with Crippen LogP contribution in [0.3, 0.4) is 0 Å². The summed E-state index contributed by atoms with van der Waals surface area (Å²) in [6, 6.07) is 4.44. The first-order valence-corrected chi connectivity index (χ1v) is 13.6. The Bertz CT molecular complexity index is 1410. The molecule has 1 aliphatic rings. The van der Waals surface area contributed by atoms with Crippen LogP contribution in [0.5, 0.6) is 0 Å². The molecular formula is C22H19ClF6N4O4S2. The van der Waals surface area contributed by atoms with Gasteiger partial charge in [0.25, 0.3) is 10.0 Å². The number of likely N-dealkylation sites (tertiary alicyclic amines) is 1. The van der Waals surface area contributed by atoms with Crippen molar-refractivity contribution in [2.75, 3.05) is 23.1 Å². The zero-order valence-corrected chi connectivity index (χ0v) is 21.9. The summed E-state index contributed by atoms with van der Waals surface area (Å²) in [5, 5.41) is 11.6. The van der Waals surface area contributed by atoms with Crippen LogP contribution in [0.1, 0.15) is 17.5 Å². The fourth-order valence-electron chi connectivity index (χ4n) is 3.32. The number of hydrogen-bond donors (Lipinski definition) is 3. The fraction of sp³-hybridized carbons (Fsp3) is 0.273. The van der Waals surface area contributed by atoms with E-state index in [1.54, 1.807) is 0 Å². The van der Waals surface area contributed by atoms with E-state index in [-0.39, 0.29) is 18.1 Å². The van der Waals surface area contributed by atoms with Gasteiger partial charge in [-0.1, -0.05) is 11.6 Å². The maximum absolute atomic E-state index is 14.6. The van der Waals surface area contributed by atoms with Gasteiger partial charge in [0.05, 0.1) is 5.51 Å². The van der Waals surface area contributed by atoms with Gasteiger partial charge in [-0.25, -0.2) is 31.4 Å². The van der Waals surface area contributed by atoms with E-state index in [0.29, 0.717) is 22.7 Å². The largest absolute Gasteiger partial charge is 0.490 e. The van der Waals surface area contributed by atoms with E-state index in [9.17, 15) is 34.8 Å². The first-order valence-electron chi connectivity index (χ1n) is 10.8. The Morgan fingerprint density at radius 1 is 1.10 bits per heavy atom. The van der Waals surface area contributed by atoms with Gasteiger partial charge in [0.1, 0.15) is 17.5 Å². The zero-order valence-electron chi connectivity index (χ0n) is 19.5. The molecule has 0 radical (unpaired) electrons. The second-order valence-corrected chi connectivity index (χ2v) is 10.8. The summed E-state index contributed by atoms with van der Waals surface area (Å²) in [4.78, 5) is 13.6. The highest BCUT2D eigenvalue weighted by Gasteiger charge is 2.38. The van der Waals surface area contributed by atoms with Crippen molar-refractivity contribution < 1.29 is 44.7 Å². The van der Waals surface area contributed by atoms with E-state index >= 15 is 0 Å². The van der Waals surface area contributed by atoms with Gasteiger partial charge < -0.3 is 10.4 Å². The Morgan fingerprint density at radius 3 is 2.21 bits per heavy atom. The monoisotopic (exact) mass is 616 g/mol. The summed E-state index contributed by atoms with van der Waals surface area (Å²) in [7, 11) is -4.52. The molecule has 0 aliphatic carbocycles. The molecule has 0 atom stereocenters. The number of rotatable bonds is 8. The average molecular weight is 617 g/mol. The van der Waals surface area contributed by atoms with Crippen molar-refractivity contribution in [1.82, 2.24) is 9.88 Å². The maximum Gasteiger partial charge on any atom is 0.490 e. The fourth-order valence-corrected chi connectivity index (χ4v) is 5.24. The van der Waals surface area contributed by atoms with Crippen molar-refractivity contribution in [1.29, 1.82) is 0 Å². The number of halogens is 7. The number of nitrogens with one attached hydrogen (secondary N) is 2. The van der Waals surface area contributed by atoms with E-state index in [2.05, 4.69) is 15.2 Å². The molecule has 0 spiro atoms. The Hall–Kier alpha value is -3.08. The van der Waals surface area contributed by atoms with E-state index in [0.717, 1.165) is 43.0 Å². The average Bonchev–Trinajstić information content (AvgIpc) is 3.29. The number of sulfonamides is 1. The van der Waals surface area contributed by atoms with Crippen LogP contribution in [-0.4, -0.2) is 48.6 Å². The molecule has 2 aromatic carbocycles. The highest BCUT2D eigenvalue weighted by atomic mass is 35.5. The number of nitrogens with zero attached hydrogens (tertiary/aromatic N) is 2. The van der Waals surface area contributed by atoms with Crippen molar-refractivity contribution in [3.63, 3.8) is 0 Å². The Morgan fingerprint density at radius 2 is 1.72 bits per heavy atom. The minimum atomic E-state index is -5.08. The van der Waals surface area contributed by atoms with E-state index in [1.165, 1.54) is 23.0 Å². The van der Waals surface area contributed by atoms with Gasteiger partial charge in [-0.2, -0.15) is 13.2 Å². The summed E-state index contributed by atoms with van der Waals surface area (Å²) >= 11 is 7.39. The number of alkyl halides is 3. The standard InChI is InChI=1S/C20H18ClF3N4O2S2.C2HF3O2/c21-15-2-3-16(22)14(9-28-4-1-5-28)13(15)8-25-12-6-17(23)20(18(24)7-12)32(29,30)27-19-10-31-11-26-19;3-2(4,5)1(6)7/h2-3,6-7,10-11,25,27H,1,4-5,8-9H2;(H,6,7). The van der Waals surface area contributed by atoms with Gasteiger partial charge in [0.2, 0.25) is 0 Å². The number of anilines is 2. The van der Waals surface area contributed by atoms with E-state index < -0.39 is 44.5 Å². The lowest BCUT2D eigenvalue weighted by Gasteiger charge is -2.31. The summed E-state index contributed by atoms with van der Waals surface area (Å²) in [5.74, 6) is -5.76. The topological polar surface area (TPSA) is 112 Å². The van der Waals surface area contributed by atoms with Gasteiger partial charge in [0.15, 0.2) is 10.7 Å². The molecule has 17 heteroatoms. The molecule has 1 saturated heterocycles. The number of hydrogen-bond acceptors (Lipinski definition) is 7. The first kappa shape index (κ1) is 30.5. The minimum absolute atomic E-state index is 0.00180. The molecule has 8 nitrogen and oxygen atoms in total. The number of thiazole rings is 1. The predicted octanol–water partition coefficient (Wildman–Crippen LogP) is 5.47. The zero-order chi connectivity index (χ0) is 29.0. The van der Waals surface area contributed by atoms with Crippen LogP contribution in [0.2, 0.25) is 5.02 Å². The van der Waals surface area contributed by atoms with Crippen LogP contribution < -0.4 is 10.0 Å². The third-order valence-electron chi connectivity index (χ3n) is 5.30. The van der Waals surface area contributed by atoms with Crippen molar-refractivity contribution in [2.24, 2.45) is 0 Å². The van der Waals surface area contributed by atoms with Crippen molar-refractivity contribution in [3.05, 3.63) is 68.8 Å². The number of carboxylic acids is 1. The van der Waals surface area contributed by atoms with Crippen LogP contribution in [0, 0.1) is 17.5 Å². The lowest BCUT2D eigenvalue weighted by Crippen LogP contribution is -2.37. The van der Waals surface area contributed by atoms with Crippen molar-refractivity contribution >= 4 is 50.4 Å². The molecule has 0 bridgehead atoms. The van der Waals surface area contributed by atoms with Crippen LogP contribution >= 0.6 is 22.9 Å². The van der Waals surface area contributed by atoms with Crippen LogP contribution in [0.4, 0.5) is 37.8 Å². The second-order valence-electron chi connectivity index (χ2n) is 8.02. The van der Waals surface area contributed by atoms with Gasteiger partial charge in [-0.05, 0) is 49.3 Å². The maximum atomic E-state index is 14.6. The third-order valence-corrected chi connectivity index (χ3v) is 7.64. The Kier molecular flexibility index (Phi) is 9.69. The van der Waals surface area contributed by atoms with Crippen molar-refractivity contribution in [3.8, 4) is 0 Å². The van der Waals surface area contributed by atoms with Crippen LogP contribution in [0.25, 0.3) is 0 Å². The van der Waals surface area contributed by atoms with Crippen LogP contribution in [0.15, 0.2) is 40.1 Å². The molecule has 212 valence electrons. The second kappa shape index (κ2) is 12.4. The lowest BCUT2D eigenvalue weighted by molar-refractivity contribution is -0.192. The summed E-state index contributed by atoms with van der Waals surface area (Å²) in [6.07, 6.45) is -4.04. The molecule has 39 heavy (non-hydrogen) atoms. The van der Waals surface area contributed by atoms with Crippen LogP contribution in [-0.2, 0) is 27.9 Å². The smallest absolute Gasteiger partial charge is 0.475 e. The molecular weight excluding hydrogens is 598 g/mol. The van der Waals surface area contributed by atoms with E-state index in [4.69, 9.17) is 21.5 Å². The number of carbonyl (C=O) groups is 1. The van der Waals surface area contributed by atoms with Gasteiger partial charge in [-0.3, -0.25) is 9.62 Å². The van der Waals surface area contributed by atoms with Gasteiger partial charge >= 0.3 is 12.1 Å². The van der Waals surface area contributed by atoms with Crippen molar-refractivity contribution in [2.45, 2.75) is 30.6 Å². The highest BCUT2D eigenvalue weighted by molar-refractivity contribution is 7.92. The number of aromatic nitrogens is 1. The molecule has 0 saturated carbocycles. The first-order chi connectivity index (χ1) is 18.2. The molecule has 1 aromatic heterocycles. The lowest BCUT2D eigenvalue weighted by atomic mass is 10.0. The number of aliphatic carboxylic acids is 1. The molecule has 4 rings (SSSR count). The SMILES string of the molecule is O=C(O)C(F)(F)F.O=S(=O)(Nc1cscn1)c1c(F)cc(NCc2c(Cl)ccc(F)c2CN2CCC2)cc1F. The molecule has 3 aromatic rings. The highest BCUT2D eigenvalue weighted by Crippen LogP contribution is 2.29. The molecule has 0 unspecified atom stereocenters. The Labute approximate surface area is 227 Å². The molecule has 3 N–H and O–H groups in total. The summed E-state index contributed by atoms with van der Waals surface area (Å²) in [5.41, 5.74) is 2.26. The predicted molar refractivity (Wildman–Crippen MR) is 132 cm³/mol. The molecule has 0 amide bonds. The quantitative estimate of drug-likeness (QED) is 0.288. The molecule has 2 heterocycles.